The molecule has 0 bridgehead atoms. The molecular weight excluding hydrogens is 420 g/mol. The van der Waals surface area contributed by atoms with Gasteiger partial charge >= 0.3 is 0 Å². The van der Waals surface area contributed by atoms with Gasteiger partial charge in [-0.15, -0.1) is 11.3 Å². The van der Waals surface area contributed by atoms with Crippen LogP contribution in [0.2, 0.25) is 0 Å². The van der Waals surface area contributed by atoms with Crippen LogP contribution in [0, 0.1) is 6.92 Å². The first-order valence-corrected chi connectivity index (χ1v) is 12.5. The Labute approximate surface area is 197 Å². The van der Waals surface area contributed by atoms with Crippen molar-refractivity contribution in [2.75, 3.05) is 26.8 Å². The summed E-state index contributed by atoms with van der Waals surface area (Å²) in [6.07, 6.45) is 5.97. The summed E-state index contributed by atoms with van der Waals surface area (Å²) in [6.45, 7) is 6.29. The monoisotopic (exact) mass is 458 g/mol. The molecule has 0 fully saturated rings. The Balaban J connectivity index is 2.05. The zero-order chi connectivity index (χ0) is 23.2. The van der Waals surface area contributed by atoms with Gasteiger partial charge in [-0.25, -0.2) is 0 Å². The standard InChI is InChI=1S/C26H38N2O3S/c1-4-5-6-7-11-14-25(29)27(17-18-31-3)21-26(30)28(19-23-12-9-8-10-13-23)20-24-16-15-22(2)32-24/h8-10,12-13,15-16H,4-7,11,14,17-21H2,1-3H3. The van der Waals surface area contributed by atoms with Gasteiger partial charge in [-0.3, -0.25) is 9.59 Å². The molecule has 0 atom stereocenters. The molecule has 0 N–H and O–H groups in total. The topological polar surface area (TPSA) is 49.9 Å². The van der Waals surface area contributed by atoms with E-state index in [2.05, 4.69) is 26.0 Å². The van der Waals surface area contributed by atoms with Gasteiger partial charge < -0.3 is 14.5 Å². The molecule has 2 rings (SSSR count). The summed E-state index contributed by atoms with van der Waals surface area (Å²) >= 11 is 1.71. The number of hydrogen-bond donors (Lipinski definition) is 0. The number of ether oxygens (including phenoxy) is 1. The first-order valence-electron chi connectivity index (χ1n) is 11.7. The third-order valence-corrected chi connectivity index (χ3v) is 6.44. The van der Waals surface area contributed by atoms with Crippen molar-refractivity contribution < 1.29 is 14.3 Å². The average Bonchev–Trinajstić information content (AvgIpc) is 3.21. The van der Waals surface area contributed by atoms with Crippen LogP contribution in [0.25, 0.3) is 0 Å². The number of carbonyl (C=O) groups excluding carboxylic acids is 2. The normalized spacial score (nSPS) is 10.8. The maximum Gasteiger partial charge on any atom is 0.242 e. The highest BCUT2D eigenvalue weighted by Crippen LogP contribution is 2.19. The molecular formula is C26H38N2O3S. The van der Waals surface area contributed by atoms with Gasteiger partial charge in [0.2, 0.25) is 11.8 Å². The fourth-order valence-corrected chi connectivity index (χ4v) is 4.49. The minimum atomic E-state index is -0.0321. The molecule has 5 nitrogen and oxygen atoms in total. The lowest BCUT2D eigenvalue weighted by Crippen LogP contribution is -2.43. The molecule has 2 aromatic rings. The number of hydrogen-bond acceptors (Lipinski definition) is 4. The van der Waals surface area contributed by atoms with Crippen LogP contribution in [0.4, 0.5) is 0 Å². The molecule has 0 saturated heterocycles. The lowest BCUT2D eigenvalue weighted by Gasteiger charge is -2.27. The molecule has 0 saturated carbocycles. The van der Waals surface area contributed by atoms with E-state index in [1.165, 1.54) is 17.7 Å². The second-order valence-corrected chi connectivity index (χ2v) is 9.59. The number of benzene rings is 1. The predicted octanol–water partition coefficient (Wildman–Crippen LogP) is 5.42. The molecule has 2 amide bonds. The third-order valence-electron chi connectivity index (χ3n) is 5.45. The maximum atomic E-state index is 13.3. The van der Waals surface area contributed by atoms with E-state index in [4.69, 9.17) is 4.74 Å². The molecule has 0 aliphatic carbocycles. The number of thiophene rings is 1. The van der Waals surface area contributed by atoms with Crippen molar-refractivity contribution in [1.82, 2.24) is 9.80 Å². The highest BCUT2D eigenvalue weighted by Gasteiger charge is 2.22. The molecule has 1 aromatic heterocycles. The van der Waals surface area contributed by atoms with Gasteiger partial charge in [0.25, 0.3) is 0 Å². The van der Waals surface area contributed by atoms with Crippen LogP contribution < -0.4 is 0 Å². The molecule has 1 heterocycles. The van der Waals surface area contributed by atoms with E-state index in [9.17, 15) is 9.59 Å². The Morgan fingerprint density at radius 3 is 2.31 bits per heavy atom. The summed E-state index contributed by atoms with van der Waals surface area (Å²) in [7, 11) is 1.62. The van der Waals surface area contributed by atoms with Crippen molar-refractivity contribution in [3.8, 4) is 0 Å². The Hall–Kier alpha value is -2.18. The van der Waals surface area contributed by atoms with Crippen LogP contribution in [0.5, 0.6) is 0 Å². The summed E-state index contributed by atoms with van der Waals surface area (Å²) in [5.74, 6) is 0.00821. The number of methoxy groups -OCH3 is 1. The zero-order valence-electron chi connectivity index (χ0n) is 19.8. The van der Waals surface area contributed by atoms with Gasteiger partial charge in [-0.1, -0.05) is 62.9 Å². The SMILES string of the molecule is CCCCCCCC(=O)N(CCOC)CC(=O)N(Cc1ccccc1)Cc1ccc(C)s1. The Morgan fingerprint density at radius 2 is 1.66 bits per heavy atom. The fraction of sp³-hybridized carbons (Fsp3) is 0.538. The molecule has 176 valence electrons. The van der Waals surface area contributed by atoms with Crippen LogP contribution in [0.3, 0.4) is 0 Å². The Morgan fingerprint density at radius 1 is 0.906 bits per heavy atom. The number of carbonyl (C=O) groups is 2. The maximum absolute atomic E-state index is 13.3. The minimum Gasteiger partial charge on any atom is -0.383 e. The number of aryl methyl sites for hydroxylation is 1. The summed E-state index contributed by atoms with van der Waals surface area (Å²) in [4.78, 5) is 32.1. The van der Waals surface area contributed by atoms with E-state index in [0.29, 0.717) is 32.7 Å². The number of amides is 2. The van der Waals surface area contributed by atoms with Gasteiger partial charge in [0.05, 0.1) is 19.7 Å². The average molecular weight is 459 g/mol. The second-order valence-electron chi connectivity index (χ2n) is 8.22. The zero-order valence-corrected chi connectivity index (χ0v) is 20.7. The van der Waals surface area contributed by atoms with Crippen molar-refractivity contribution in [2.45, 2.75) is 65.5 Å². The van der Waals surface area contributed by atoms with Gasteiger partial charge in [0.15, 0.2) is 0 Å². The fourth-order valence-electron chi connectivity index (χ4n) is 3.59. The van der Waals surface area contributed by atoms with E-state index < -0.39 is 0 Å². The largest absolute Gasteiger partial charge is 0.383 e. The summed E-state index contributed by atoms with van der Waals surface area (Å²) < 4.78 is 5.20. The van der Waals surface area contributed by atoms with Crippen LogP contribution in [-0.4, -0.2) is 48.4 Å². The molecule has 32 heavy (non-hydrogen) atoms. The van der Waals surface area contributed by atoms with Gasteiger partial charge in [-0.05, 0) is 31.0 Å². The smallest absolute Gasteiger partial charge is 0.242 e. The van der Waals surface area contributed by atoms with Crippen molar-refractivity contribution >= 4 is 23.2 Å². The third kappa shape index (κ3) is 9.53. The van der Waals surface area contributed by atoms with Crippen molar-refractivity contribution in [1.29, 1.82) is 0 Å². The highest BCUT2D eigenvalue weighted by atomic mass is 32.1. The van der Waals surface area contributed by atoms with Crippen LogP contribution in [-0.2, 0) is 27.4 Å². The molecule has 0 aliphatic rings. The van der Waals surface area contributed by atoms with Crippen LogP contribution >= 0.6 is 11.3 Å². The lowest BCUT2D eigenvalue weighted by molar-refractivity contribution is -0.141. The molecule has 0 spiro atoms. The van der Waals surface area contributed by atoms with Gasteiger partial charge in [-0.2, -0.15) is 0 Å². The van der Waals surface area contributed by atoms with Crippen LogP contribution in [0.1, 0.15) is 60.8 Å². The quantitative estimate of drug-likeness (QED) is 0.335. The van der Waals surface area contributed by atoms with Crippen molar-refractivity contribution in [3.63, 3.8) is 0 Å². The van der Waals surface area contributed by atoms with Crippen molar-refractivity contribution in [3.05, 3.63) is 57.8 Å². The van der Waals surface area contributed by atoms with Gasteiger partial charge in [0.1, 0.15) is 0 Å². The number of rotatable bonds is 15. The molecule has 0 radical (unpaired) electrons. The lowest BCUT2D eigenvalue weighted by atomic mass is 10.1. The van der Waals surface area contributed by atoms with Crippen molar-refractivity contribution in [2.24, 2.45) is 0 Å². The summed E-state index contributed by atoms with van der Waals surface area (Å²) in [6, 6.07) is 14.2. The number of nitrogens with zero attached hydrogens (tertiary/aromatic N) is 2. The first-order chi connectivity index (χ1) is 15.5. The Kier molecular flexibility index (Phi) is 12.1. The molecule has 0 aliphatic heterocycles. The second kappa shape index (κ2) is 14.8. The van der Waals surface area contributed by atoms with Gasteiger partial charge in [0, 0.05) is 36.4 Å². The van der Waals surface area contributed by atoms with E-state index >= 15 is 0 Å². The highest BCUT2D eigenvalue weighted by molar-refractivity contribution is 7.11. The van der Waals surface area contributed by atoms with Crippen LogP contribution in [0.15, 0.2) is 42.5 Å². The van der Waals surface area contributed by atoms with E-state index in [1.807, 2.05) is 35.2 Å². The minimum absolute atomic E-state index is 0.0321. The molecule has 0 unspecified atom stereocenters. The molecule has 6 heteroatoms. The summed E-state index contributed by atoms with van der Waals surface area (Å²) in [5, 5.41) is 0. The first kappa shape index (κ1) is 26.1. The van der Waals surface area contributed by atoms with E-state index in [1.54, 1.807) is 23.3 Å². The van der Waals surface area contributed by atoms with E-state index in [0.717, 1.165) is 29.7 Å². The summed E-state index contributed by atoms with van der Waals surface area (Å²) in [5.41, 5.74) is 1.08. The molecule has 1 aromatic carbocycles. The Bertz CT molecular complexity index is 806. The number of unbranched alkanes of at least 4 members (excludes halogenated alkanes) is 4. The predicted molar refractivity (Wildman–Crippen MR) is 132 cm³/mol. The van der Waals surface area contributed by atoms with E-state index in [-0.39, 0.29) is 18.4 Å².